The smallest absolute Gasteiger partial charge is 0.239 e. The van der Waals surface area contributed by atoms with Gasteiger partial charge in [0.05, 0.1) is 6.04 Å². The van der Waals surface area contributed by atoms with Gasteiger partial charge in [0, 0.05) is 25.7 Å². The first-order valence-corrected chi connectivity index (χ1v) is 6.94. The lowest BCUT2D eigenvalue weighted by Gasteiger charge is -2.40. The van der Waals surface area contributed by atoms with E-state index >= 15 is 0 Å². The predicted molar refractivity (Wildman–Crippen MR) is 68.9 cm³/mol. The average molecular weight is 239 g/mol. The summed E-state index contributed by atoms with van der Waals surface area (Å²) in [5, 5.41) is 3.36. The van der Waals surface area contributed by atoms with Crippen molar-refractivity contribution < 1.29 is 4.79 Å². The van der Waals surface area contributed by atoms with Gasteiger partial charge in [-0.15, -0.1) is 0 Å². The lowest BCUT2D eigenvalue weighted by molar-refractivity contribution is -0.136. The Morgan fingerprint density at radius 1 is 1.35 bits per heavy atom. The first-order chi connectivity index (χ1) is 8.22. The van der Waals surface area contributed by atoms with Crippen LogP contribution >= 0.6 is 0 Å². The molecule has 0 spiro atoms. The minimum atomic E-state index is 0.0877. The standard InChI is InChI=1S/C13H25N3O/c1-3-11-10-16(9-8-15(11)2)13(17)12-6-4-5-7-14-12/h11-12,14H,3-10H2,1-2H3. The number of hydrogen-bond donors (Lipinski definition) is 1. The third-order valence-corrected chi connectivity index (χ3v) is 4.17. The highest BCUT2D eigenvalue weighted by Crippen LogP contribution is 2.15. The molecule has 0 radical (unpaired) electrons. The van der Waals surface area contributed by atoms with Crippen LogP contribution in [0.15, 0.2) is 0 Å². The highest BCUT2D eigenvalue weighted by atomic mass is 16.2. The minimum Gasteiger partial charge on any atom is -0.338 e. The molecular formula is C13H25N3O. The van der Waals surface area contributed by atoms with Crippen LogP contribution in [0.4, 0.5) is 0 Å². The van der Waals surface area contributed by atoms with Gasteiger partial charge in [-0.2, -0.15) is 0 Å². The minimum absolute atomic E-state index is 0.0877. The van der Waals surface area contributed by atoms with E-state index < -0.39 is 0 Å². The molecular weight excluding hydrogens is 214 g/mol. The molecule has 2 aliphatic rings. The van der Waals surface area contributed by atoms with Crippen molar-refractivity contribution in [3.05, 3.63) is 0 Å². The summed E-state index contributed by atoms with van der Waals surface area (Å²) in [4.78, 5) is 16.8. The second-order valence-corrected chi connectivity index (χ2v) is 5.33. The van der Waals surface area contributed by atoms with Crippen LogP contribution in [0, 0.1) is 0 Å². The Balaban J connectivity index is 1.90. The van der Waals surface area contributed by atoms with Crippen molar-refractivity contribution in [1.29, 1.82) is 0 Å². The van der Waals surface area contributed by atoms with Gasteiger partial charge in [0.15, 0.2) is 0 Å². The second kappa shape index (κ2) is 5.83. The number of nitrogens with one attached hydrogen (secondary N) is 1. The van der Waals surface area contributed by atoms with Crippen LogP contribution in [0.5, 0.6) is 0 Å². The molecule has 17 heavy (non-hydrogen) atoms. The molecule has 98 valence electrons. The summed E-state index contributed by atoms with van der Waals surface area (Å²) >= 11 is 0. The molecule has 0 aliphatic carbocycles. The van der Waals surface area contributed by atoms with E-state index in [-0.39, 0.29) is 6.04 Å². The molecule has 4 nitrogen and oxygen atoms in total. The zero-order chi connectivity index (χ0) is 12.3. The van der Waals surface area contributed by atoms with Crippen LogP contribution in [0.1, 0.15) is 32.6 Å². The molecule has 2 unspecified atom stereocenters. The Hall–Kier alpha value is -0.610. The number of piperazine rings is 1. The van der Waals surface area contributed by atoms with Crippen molar-refractivity contribution in [2.24, 2.45) is 0 Å². The van der Waals surface area contributed by atoms with Crippen LogP contribution in [-0.2, 0) is 4.79 Å². The quantitative estimate of drug-likeness (QED) is 0.770. The van der Waals surface area contributed by atoms with Crippen LogP contribution in [0.2, 0.25) is 0 Å². The molecule has 1 N–H and O–H groups in total. The Kier molecular flexibility index (Phi) is 4.40. The Labute approximate surface area is 104 Å². The lowest BCUT2D eigenvalue weighted by atomic mass is 10.0. The van der Waals surface area contributed by atoms with Gasteiger partial charge in [0.1, 0.15) is 0 Å². The van der Waals surface area contributed by atoms with Crippen LogP contribution in [0.25, 0.3) is 0 Å². The van der Waals surface area contributed by atoms with E-state index in [9.17, 15) is 4.79 Å². The Morgan fingerprint density at radius 3 is 2.82 bits per heavy atom. The van der Waals surface area contributed by atoms with Crippen LogP contribution in [0.3, 0.4) is 0 Å². The van der Waals surface area contributed by atoms with Crippen molar-refractivity contribution in [1.82, 2.24) is 15.1 Å². The zero-order valence-corrected chi connectivity index (χ0v) is 11.1. The zero-order valence-electron chi connectivity index (χ0n) is 11.1. The predicted octanol–water partition coefficient (Wildman–Crippen LogP) is 0.681. The van der Waals surface area contributed by atoms with Crippen molar-refractivity contribution in [2.75, 3.05) is 33.2 Å². The van der Waals surface area contributed by atoms with E-state index in [4.69, 9.17) is 0 Å². The third kappa shape index (κ3) is 2.99. The first kappa shape index (κ1) is 12.8. The largest absolute Gasteiger partial charge is 0.338 e. The number of carbonyl (C=O) groups excluding carboxylic acids is 1. The molecule has 0 saturated carbocycles. The monoisotopic (exact) mass is 239 g/mol. The summed E-state index contributed by atoms with van der Waals surface area (Å²) < 4.78 is 0. The Morgan fingerprint density at radius 2 is 2.18 bits per heavy atom. The SMILES string of the molecule is CCC1CN(C(=O)C2CCCCN2)CCN1C. The molecule has 0 bridgehead atoms. The maximum Gasteiger partial charge on any atom is 0.239 e. The number of amides is 1. The number of likely N-dealkylation sites (N-methyl/N-ethyl adjacent to an activating group) is 1. The number of rotatable bonds is 2. The number of piperidine rings is 1. The summed E-state index contributed by atoms with van der Waals surface area (Å²) in [6.45, 7) is 6.01. The first-order valence-electron chi connectivity index (χ1n) is 6.94. The van der Waals surface area contributed by atoms with Crippen molar-refractivity contribution in [3.63, 3.8) is 0 Å². The lowest BCUT2D eigenvalue weighted by Crippen LogP contribution is -2.57. The number of nitrogens with zero attached hydrogens (tertiary/aromatic N) is 2. The molecule has 2 fully saturated rings. The highest BCUT2D eigenvalue weighted by molar-refractivity contribution is 5.82. The van der Waals surface area contributed by atoms with Gasteiger partial charge >= 0.3 is 0 Å². The molecule has 2 heterocycles. The van der Waals surface area contributed by atoms with Gasteiger partial charge in [-0.3, -0.25) is 9.69 Å². The topological polar surface area (TPSA) is 35.6 Å². The number of carbonyl (C=O) groups is 1. The van der Waals surface area contributed by atoms with Crippen LogP contribution in [-0.4, -0.2) is 61.0 Å². The summed E-state index contributed by atoms with van der Waals surface area (Å²) in [6.07, 6.45) is 4.54. The van der Waals surface area contributed by atoms with E-state index in [1.165, 1.54) is 12.8 Å². The molecule has 2 saturated heterocycles. The van der Waals surface area contributed by atoms with Gasteiger partial charge in [0.25, 0.3) is 0 Å². The summed E-state index contributed by atoms with van der Waals surface area (Å²) in [5.41, 5.74) is 0. The van der Waals surface area contributed by atoms with E-state index in [0.29, 0.717) is 11.9 Å². The normalized spacial score (nSPS) is 31.5. The molecule has 0 aromatic carbocycles. The molecule has 2 atom stereocenters. The maximum atomic E-state index is 12.4. The molecule has 2 aliphatic heterocycles. The van der Waals surface area contributed by atoms with Crippen molar-refractivity contribution in [2.45, 2.75) is 44.7 Å². The van der Waals surface area contributed by atoms with Gasteiger partial charge in [0.2, 0.25) is 5.91 Å². The second-order valence-electron chi connectivity index (χ2n) is 5.33. The van der Waals surface area contributed by atoms with Gasteiger partial charge in [-0.1, -0.05) is 13.3 Å². The summed E-state index contributed by atoms with van der Waals surface area (Å²) in [5.74, 6) is 0.330. The maximum absolute atomic E-state index is 12.4. The third-order valence-electron chi connectivity index (χ3n) is 4.17. The molecule has 2 rings (SSSR count). The Bertz CT molecular complexity index is 263. The van der Waals surface area contributed by atoms with Gasteiger partial charge in [-0.25, -0.2) is 0 Å². The van der Waals surface area contributed by atoms with Gasteiger partial charge in [-0.05, 0) is 32.9 Å². The molecule has 0 aromatic rings. The fraction of sp³-hybridized carbons (Fsp3) is 0.923. The van der Waals surface area contributed by atoms with Crippen LogP contribution < -0.4 is 5.32 Å². The van der Waals surface area contributed by atoms with E-state index in [0.717, 1.165) is 39.0 Å². The summed E-state index contributed by atoms with van der Waals surface area (Å²) in [6, 6.07) is 0.626. The van der Waals surface area contributed by atoms with E-state index in [2.05, 4.69) is 29.1 Å². The van der Waals surface area contributed by atoms with Crippen molar-refractivity contribution in [3.8, 4) is 0 Å². The number of hydrogen-bond acceptors (Lipinski definition) is 3. The fourth-order valence-corrected chi connectivity index (χ4v) is 2.87. The molecule has 0 aromatic heterocycles. The summed E-state index contributed by atoms with van der Waals surface area (Å²) in [7, 11) is 2.16. The fourth-order valence-electron chi connectivity index (χ4n) is 2.87. The molecule has 4 heteroatoms. The van der Waals surface area contributed by atoms with E-state index in [1.807, 2.05) is 0 Å². The highest BCUT2D eigenvalue weighted by Gasteiger charge is 2.30. The average Bonchev–Trinajstić information content (AvgIpc) is 2.39. The van der Waals surface area contributed by atoms with Gasteiger partial charge < -0.3 is 10.2 Å². The van der Waals surface area contributed by atoms with Crippen molar-refractivity contribution >= 4 is 5.91 Å². The van der Waals surface area contributed by atoms with E-state index in [1.54, 1.807) is 0 Å². The molecule has 1 amide bonds.